The van der Waals surface area contributed by atoms with Gasteiger partial charge in [0.2, 0.25) is 16.0 Å². The second kappa shape index (κ2) is 9.12. The van der Waals surface area contributed by atoms with E-state index in [0.717, 1.165) is 17.4 Å². The molecular weight excluding hydrogens is 433 g/mol. The van der Waals surface area contributed by atoms with Crippen LogP contribution in [0.25, 0.3) is 5.69 Å². The number of nitrogens with zero attached hydrogens (tertiary/aromatic N) is 4. The van der Waals surface area contributed by atoms with Gasteiger partial charge in [-0.2, -0.15) is 4.98 Å². The number of sulfonamides is 1. The molecule has 164 valence electrons. The highest BCUT2D eigenvalue weighted by molar-refractivity contribution is 7.89. The molecule has 0 radical (unpaired) electrons. The molecule has 2 aromatic heterocycles. The summed E-state index contributed by atoms with van der Waals surface area (Å²) in [7, 11) is -3.77. The molecule has 4 N–H and O–H groups in total. The maximum atomic E-state index is 14.1. The lowest BCUT2D eigenvalue weighted by molar-refractivity contribution is 0.598. The molecule has 0 amide bonds. The Morgan fingerprint density at radius 2 is 1.81 bits per heavy atom. The van der Waals surface area contributed by atoms with Gasteiger partial charge in [-0.1, -0.05) is 12.1 Å². The molecule has 0 aliphatic rings. The zero-order chi connectivity index (χ0) is 22.6. The van der Waals surface area contributed by atoms with Crippen LogP contribution in [0.4, 0.5) is 21.8 Å². The van der Waals surface area contributed by atoms with Crippen molar-refractivity contribution in [3.05, 3.63) is 84.8 Å². The third-order valence-corrected chi connectivity index (χ3v) is 5.56. The maximum Gasteiger partial charge on any atom is 0.238 e. The number of anilines is 3. The van der Waals surface area contributed by atoms with E-state index >= 15 is 0 Å². The smallest absolute Gasteiger partial charge is 0.238 e. The Bertz CT molecular complexity index is 1290. The number of imidazole rings is 1. The van der Waals surface area contributed by atoms with Gasteiger partial charge in [-0.25, -0.2) is 27.9 Å². The average Bonchev–Trinajstić information content (AvgIpc) is 3.31. The predicted octanol–water partition coefficient (Wildman–Crippen LogP) is 2.85. The van der Waals surface area contributed by atoms with Crippen LogP contribution in [0.3, 0.4) is 0 Å². The van der Waals surface area contributed by atoms with Crippen LogP contribution in [0, 0.1) is 5.82 Å². The van der Waals surface area contributed by atoms with Crippen molar-refractivity contribution in [3.63, 3.8) is 0 Å². The first kappa shape index (κ1) is 21.4. The number of nitrogens with one attached hydrogen (secondary N) is 2. The van der Waals surface area contributed by atoms with E-state index in [1.54, 1.807) is 12.5 Å². The topological polar surface area (TPSA) is 128 Å². The van der Waals surface area contributed by atoms with Crippen molar-refractivity contribution in [2.24, 2.45) is 5.14 Å². The lowest BCUT2D eigenvalue weighted by Crippen LogP contribution is -2.12. The zero-order valence-corrected chi connectivity index (χ0v) is 17.6. The molecule has 0 aliphatic carbocycles. The van der Waals surface area contributed by atoms with Crippen molar-refractivity contribution in [2.45, 2.75) is 11.3 Å². The molecule has 0 unspecified atom stereocenters. The molecular formula is C21H20FN7O2S. The van der Waals surface area contributed by atoms with Crippen LogP contribution in [0.1, 0.15) is 5.56 Å². The van der Waals surface area contributed by atoms with Crippen molar-refractivity contribution in [2.75, 3.05) is 17.2 Å². The largest absolute Gasteiger partial charge is 0.367 e. The van der Waals surface area contributed by atoms with Gasteiger partial charge in [0.25, 0.3) is 0 Å². The molecule has 0 aliphatic heterocycles. The van der Waals surface area contributed by atoms with Gasteiger partial charge in [0.05, 0.1) is 17.4 Å². The minimum atomic E-state index is -3.77. The summed E-state index contributed by atoms with van der Waals surface area (Å²) in [6, 6.07) is 13.8. The molecule has 0 bridgehead atoms. The first-order valence-electron chi connectivity index (χ1n) is 9.62. The summed E-state index contributed by atoms with van der Waals surface area (Å²) >= 11 is 0. The van der Waals surface area contributed by atoms with E-state index in [9.17, 15) is 12.8 Å². The molecule has 0 spiro atoms. The van der Waals surface area contributed by atoms with E-state index in [0.29, 0.717) is 18.7 Å². The van der Waals surface area contributed by atoms with Gasteiger partial charge in [-0.3, -0.25) is 0 Å². The molecule has 0 saturated heterocycles. The molecule has 2 aromatic carbocycles. The van der Waals surface area contributed by atoms with E-state index in [1.807, 2.05) is 35.0 Å². The molecule has 11 heteroatoms. The Labute approximate surface area is 184 Å². The van der Waals surface area contributed by atoms with E-state index < -0.39 is 15.8 Å². The Balaban J connectivity index is 1.36. The molecule has 0 atom stereocenters. The van der Waals surface area contributed by atoms with E-state index in [-0.39, 0.29) is 16.7 Å². The second-order valence-corrected chi connectivity index (χ2v) is 8.46. The summed E-state index contributed by atoms with van der Waals surface area (Å²) in [5.41, 5.74) is 2.63. The van der Waals surface area contributed by atoms with Crippen molar-refractivity contribution >= 4 is 27.5 Å². The van der Waals surface area contributed by atoms with Gasteiger partial charge in [-0.05, 0) is 48.4 Å². The van der Waals surface area contributed by atoms with Gasteiger partial charge in [-0.15, -0.1) is 0 Å². The van der Waals surface area contributed by atoms with Gasteiger partial charge in [0, 0.05) is 30.3 Å². The Morgan fingerprint density at radius 1 is 1.06 bits per heavy atom. The molecule has 9 nitrogen and oxygen atoms in total. The lowest BCUT2D eigenvalue weighted by atomic mass is 10.1. The third-order valence-electron chi connectivity index (χ3n) is 4.63. The highest BCUT2D eigenvalue weighted by atomic mass is 32.2. The number of primary sulfonamides is 1. The van der Waals surface area contributed by atoms with E-state index in [4.69, 9.17) is 5.14 Å². The van der Waals surface area contributed by atoms with E-state index in [1.165, 1.54) is 24.3 Å². The van der Waals surface area contributed by atoms with Crippen molar-refractivity contribution < 1.29 is 12.8 Å². The van der Waals surface area contributed by atoms with Crippen LogP contribution in [0.15, 0.2) is 78.3 Å². The van der Waals surface area contributed by atoms with Crippen LogP contribution in [-0.4, -0.2) is 34.5 Å². The van der Waals surface area contributed by atoms with Crippen LogP contribution < -0.4 is 15.8 Å². The standard InChI is InChI=1S/C21H20FN7O2S/c22-19-13-26-21(27-16-3-7-18(8-4-16)32(23,30)31)28-20(19)25-10-9-15-1-5-17(6-2-15)29-12-11-24-14-29/h1-8,11-14H,9-10H2,(H2,23,30,31)(H2,25,26,27,28). The molecule has 0 fully saturated rings. The van der Waals surface area contributed by atoms with Crippen molar-refractivity contribution in [1.82, 2.24) is 19.5 Å². The summed E-state index contributed by atoms with van der Waals surface area (Å²) in [6.07, 6.45) is 7.06. The van der Waals surface area contributed by atoms with Crippen molar-refractivity contribution in [1.29, 1.82) is 0 Å². The minimum Gasteiger partial charge on any atom is -0.367 e. The summed E-state index contributed by atoms with van der Waals surface area (Å²) in [5.74, 6) is -0.337. The van der Waals surface area contributed by atoms with Crippen LogP contribution in [-0.2, 0) is 16.4 Å². The normalized spacial score (nSPS) is 11.3. The summed E-state index contributed by atoms with van der Waals surface area (Å²) in [6.45, 7) is 0.473. The third kappa shape index (κ3) is 5.25. The van der Waals surface area contributed by atoms with Gasteiger partial charge in [0.1, 0.15) is 0 Å². The monoisotopic (exact) mass is 453 g/mol. The molecule has 32 heavy (non-hydrogen) atoms. The number of nitrogens with two attached hydrogens (primary N) is 1. The highest BCUT2D eigenvalue weighted by Crippen LogP contribution is 2.18. The quantitative estimate of drug-likeness (QED) is 0.374. The second-order valence-electron chi connectivity index (χ2n) is 6.90. The number of rotatable bonds is 8. The first-order chi connectivity index (χ1) is 15.4. The highest BCUT2D eigenvalue weighted by Gasteiger charge is 2.09. The molecule has 0 saturated carbocycles. The van der Waals surface area contributed by atoms with Crippen LogP contribution in [0.5, 0.6) is 0 Å². The fourth-order valence-electron chi connectivity index (χ4n) is 2.98. The SMILES string of the molecule is NS(=O)(=O)c1ccc(Nc2ncc(F)c(NCCc3ccc(-n4ccnc4)cc3)n2)cc1. The first-order valence-corrected chi connectivity index (χ1v) is 11.2. The fraction of sp³-hybridized carbons (Fsp3) is 0.0952. The Hall–Kier alpha value is -3.83. The predicted molar refractivity (Wildman–Crippen MR) is 119 cm³/mol. The minimum absolute atomic E-state index is 0.0107. The summed E-state index contributed by atoms with van der Waals surface area (Å²) in [4.78, 5) is 12.1. The number of aromatic nitrogens is 4. The van der Waals surface area contributed by atoms with Gasteiger partial charge >= 0.3 is 0 Å². The lowest BCUT2D eigenvalue weighted by Gasteiger charge is -2.10. The Morgan fingerprint density at radius 3 is 2.47 bits per heavy atom. The Kier molecular flexibility index (Phi) is 6.10. The van der Waals surface area contributed by atoms with E-state index in [2.05, 4.69) is 25.6 Å². The number of halogens is 1. The van der Waals surface area contributed by atoms with Crippen LogP contribution >= 0.6 is 0 Å². The van der Waals surface area contributed by atoms with Crippen LogP contribution in [0.2, 0.25) is 0 Å². The van der Waals surface area contributed by atoms with Gasteiger partial charge < -0.3 is 15.2 Å². The maximum absolute atomic E-state index is 14.1. The number of hydrogen-bond acceptors (Lipinski definition) is 7. The number of hydrogen-bond donors (Lipinski definition) is 3. The molecule has 4 aromatic rings. The molecule has 2 heterocycles. The summed E-state index contributed by atoms with van der Waals surface area (Å²) in [5, 5.41) is 11.0. The average molecular weight is 454 g/mol. The molecule has 4 rings (SSSR count). The van der Waals surface area contributed by atoms with Gasteiger partial charge in [0.15, 0.2) is 11.6 Å². The zero-order valence-electron chi connectivity index (χ0n) is 16.8. The number of benzene rings is 2. The summed E-state index contributed by atoms with van der Waals surface area (Å²) < 4.78 is 38.7. The fourth-order valence-corrected chi connectivity index (χ4v) is 3.50. The van der Waals surface area contributed by atoms with Crippen molar-refractivity contribution in [3.8, 4) is 5.69 Å².